The first-order valence-corrected chi connectivity index (χ1v) is 6.06. The third-order valence-corrected chi connectivity index (χ3v) is 2.81. The van der Waals surface area contributed by atoms with E-state index in [9.17, 15) is 4.79 Å². The van der Waals surface area contributed by atoms with Crippen LogP contribution in [-0.2, 0) is 4.79 Å². The van der Waals surface area contributed by atoms with Crippen molar-refractivity contribution >= 4 is 5.78 Å². The van der Waals surface area contributed by atoms with Crippen LogP contribution in [0.4, 0.5) is 0 Å². The lowest BCUT2D eigenvalue weighted by atomic mass is 9.79. The van der Waals surface area contributed by atoms with Crippen LogP contribution in [-0.4, -0.2) is 18.4 Å². The Kier molecular flexibility index (Phi) is 6.11. The van der Waals surface area contributed by atoms with Gasteiger partial charge in [-0.1, -0.05) is 41.5 Å². The zero-order valence-corrected chi connectivity index (χ0v) is 11.2. The molecule has 0 aromatic rings. The van der Waals surface area contributed by atoms with Crippen LogP contribution < -0.4 is 5.32 Å². The molecule has 0 saturated carbocycles. The number of hydrogen-bond donors (Lipinski definition) is 1. The van der Waals surface area contributed by atoms with E-state index in [2.05, 4.69) is 39.9 Å². The number of Topliss-reactive ketones (excluding diaryl/α,β-unsaturated/α-hetero) is 1. The van der Waals surface area contributed by atoms with Crippen molar-refractivity contribution in [1.29, 1.82) is 0 Å². The van der Waals surface area contributed by atoms with Crippen molar-refractivity contribution in [2.24, 2.45) is 11.3 Å². The topological polar surface area (TPSA) is 29.1 Å². The van der Waals surface area contributed by atoms with Gasteiger partial charge in [-0.3, -0.25) is 4.79 Å². The molecule has 0 spiro atoms. The Labute approximate surface area is 94.8 Å². The third-order valence-electron chi connectivity index (χ3n) is 2.81. The average molecular weight is 213 g/mol. The molecule has 0 bridgehead atoms. The van der Waals surface area contributed by atoms with Gasteiger partial charge in [-0.15, -0.1) is 0 Å². The van der Waals surface area contributed by atoms with E-state index in [0.29, 0.717) is 24.2 Å². The summed E-state index contributed by atoms with van der Waals surface area (Å²) in [7, 11) is 0. The van der Waals surface area contributed by atoms with E-state index in [1.807, 2.05) is 6.92 Å². The van der Waals surface area contributed by atoms with Crippen molar-refractivity contribution in [1.82, 2.24) is 5.32 Å². The monoisotopic (exact) mass is 213 g/mol. The molecule has 0 aromatic heterocycles. The van der Waals surface area contributed by atoms with Gasteiger partial charge in [0, 0.05) is 17.9 Å². The minimum Gasteiger partial charge on any atom is -0.314 e. The molecule has 0 aromatic carbocycles. The van der Waals surface area contributed by atoms with Gasteiger partial charge in [-0.2, -0.15) is 0 Å². The maximum absolute atomic E-state index is 11.7. The van der Waals surface area contributed by atoms with Gasteiger partial charge >= 0.3 is 0 Å². The number of carbonyl (C=O) groups is 1. The summed E-state index contributed by atoms with van der Waals surface area (Å²) in [5.74, 6) is 0.928. The molecule has 1 atom stereocenters. The SMILES string of the molecule is CCC(=O)C(C)(C)CC(C)CNC(C)C. The molecule has 0 fully saturated rings. The summed E-state index contributed by atoms with van der Waals surface area (Å²) in [4.78, 5) is 11.7. The van der Waals surface area contributed by atoms with E-state index < -0.39 is 0 Å². The summed E-state index contributed by atoms with van der Waals surface area (Å²) in [5, 5.41) is 3.41. The largest absolute Gasteiger partial charge is 0.314 e. The summed E-state index contributed by atoms with van der Waals surface area (Å²) in [6.45, 7) is 13.6. The molecule has 0 rings (SSSR count). The highest BCUT2D eigenvalue weighted by Gasteiger charge is 2.27. The molecule has 90 valence electrons. The molecular formula is C13H27NO. The molecule has 0 saturated heterocycles. The fourth-order valence-electron chi connectivity index (χ4n) is 1.97. The van der Waals surface area contributed by atoms with E-state index in [-0.39, 0.29) is 5.41 Å². The minimum atomic E-state index is -0.160. The fraction of sp³-hybridized carbons (Fsp3) is 0.923. The molecule has 0 radical (unpaired) electrons. The molecule has 2 nitrogen and oxygen atoms in total. The molecule has 0 aliphatic heterocycles. The van der Waals surface area contributed by atoms with E-state index in [4.69, 9.17) is 0 Å². The van der Waals surface area contributed by atoms with Crippen LogP contribution in [0.1, 0.15) is 54.4 Å². The van der Waals surface area contributed by atoms with Gasteiger partial charge in [-0.25, -0.2) is 0 Å². The lowest BCUT2D eigenvalue weighted by Gasteiger charge is -2.27. The Balaban J connectivity index is 4.04. The van der Waals surface area contributed by atoms with Crippen molar-refractivity contribution < 1.29 is 4.79 Å². The smallest absolute Gasteiger partial charge is 0.138 e. The standard InChI is InChI=1S/C13H27NO/c1-7-12(15)13(5,6)8-11(4)9-14-10(2)3/h10-11,14H,7-9H2,1-6H3. The molecule has 15 heavy (non-hydrogen) atoms. The summed E-state index contributed by atoms with van der Waals surface area (Å²) >= 11 is 0. The normalized spacial score (nSPS) is 14.3. The van der Waals surface area contributed by atoms with Crippen LogP contribution in [0, 0.1) is 11.3 Å². The van der Waals surface area contributed by atoms with Crippen LogP contribution >= 0.6 is 0 Å². The van der Waals surface area contributed by atoms with Crippen molar-refractivity contribution in [3.05, 3.63) is 0 Å². The predicted octanol–water partition coefficient (Wildman–Crippen LogP) is 3.02. The van der Waals surface area contributed by atoms with E-state index in [1.165, 1.54) is 0 Å². The molecule has 2 heteroatoms. The van der Waals surface area contributed by atoms with Crippen LogP contribution in [0.3, 0.4) is 0 Å². The van der Waals surface area contributed by atoms with Crippen LogP contribution in [0.2, 0.25) is 0 Å². The zero-order valence-electron chi connectivity index (χ0n) is 11.2. The lowest BCUT2D eigenvalue weighted by Crippen LogP contribution is -2.32. The number of ketones is 1. The highest BCUT2D eigenvalue weighted by atomic mass is 16.1. The molecule has 0 aliphatic carbocycles. The van der Waals surface area contributed by atoms with Crippen molar-refractivity contribution in [3.8, 4) is 0 Å². The van der Waals surface area contributed by atoms with Crippen LogP contribution in [0.15, 0.2) is 0 Å². The second-order valence-corrected chi connectivity index (χ2v) is 5.53. The molecule has 1 unspecified atom stereocenters. The van der Waals surface area contributed by atoms with Gasteiger partial charge in [0.2, 0.25) is 0 Å². The molecule has 0 heterocycles. The Hall–Kier alpha value is -0.370. The number of carbonyl (C=O) groups excluding carboxylic acids is 1. The van der Waals surface area contributed by atoms with Crippen LogP contribution in [0.25, 0.3) is 0 Å². The summed E-state index contributed by atoms with van der Waals surface area (Å²) < 4.78 is 0. The predicted molar refractivity (Wildman–Crippen MR) is 66.0 cm³/mol. The Bertz CT molecular complexity index is 197. The quantitative estimate of drug-likeness (QED) is 0.704. The van der Waals surface area contributed by atoms with Gasteiger partial charge in [-0.05, 0) is 18.9 Å². The zero-order chi connectivity index (χ0) is 12.1. The maximum atomic E-state index is 11.7. The first-order chi connectivity index (χ1) is 6.79. The second-order valence-electron chi connectivity index (χ2n) is 5.53. The van der Waals surface area contributed by atoms with Gasteiger partial charge in [0.1, 0.15) is 5.78 Å². The summed E-state index contributed by atoms with van der Waals surface area (Å²) in [6, 6.07) is 0.525. The van der Waals surface area contributed by atoms with Crippen molar-refractivity contribution in [2.75, 3.05) is 6.54 Å². The average Bonchev–Trinajstić information content (AvgIpc) is 2.12. The van der Waals surface area contributed by atoms with Crippen molar-refractivity contribution in [3.63, 3.8) is 0 Å². The minimum absolute atomic E-state index is 0.160. The van der Waals surface area contributed by atoms with E-state index in [1.54, 1.807) is 0 Å². The first-order valence-electron chi connectivity index (χ1n) is 6.06. The molecule has 0 aliphatic rings. The van der Waals surface area contributed by atoms with Gasteiger partial charge in [0.15, 0.2) is 0 Å². The Morgan fingerprint density at radius 3 is 2.20 bits per heavy atom. The Morgan fingerprint density at radius 1 is 1.27 bits per heavy atom. The number of rotatable bonds is 7. The third kappa shape index (κ3) is 5.93. The number of nitrogens with one attached hydrogen (secondary N) is 1. The number of hydrogen-bond acceptors (Lipinski definition) is 2. The first kappa shape index (κ1) is 14.6. The maximum Gasteiger partial charge on any atom is 0.138 e. The summed E-state index contributed by atoms with van der Waals surface area (Å²) in [6.07, 6.45) is 1.62. The van der Waals surface area contributed by atoms with Gasteiger partial charge in [0.25, 0.3) is 0 Å². The van der Waals surface area contributed by atoms with E-state index in [0.717, 1.165) is 13.0 Å². The Morgan fingerprint density at radius 2 is 1.80 bits per heavy atom. The molecule has 1 N–H and O–H groups in total. The highest BCUT2D eigenvalue weighted by molar-refractivity contribution is 5.83. The lowest BCUT2D eigenvalue weighted by molar-refractivity contribution is -0.127. The van der Waals surface area contributed by atoms with Gasteiger partial charge in [0.05, 0.1) is 0 Å². The van der Waals surface area contributed by atoms with Crippen molar-refractivity contribution in [2.45, 2.75) is 60.4 Å². The van der Waals surface area contributed by atoms with Gasteiger partial charge < -0.3 is 5.32 Å². The van der Waals surface area contributed by atoms with Crippen LogP contribution in [0.5, 0.6) is 0 Å². The van der Waals surface area contributed by atoms with E-state index >= 15 is 0 Å². The molecule has 0 amide bonds. The second kappa shape index (κ2) is 6.26. The summed E-state index contributed by atoms with van der Waals surface area (Å²) in [5.41, 5.74) is -0.160. The molecular weight excluding hydrogens is 186 g/mol. The highest BCUT2D eigenvalue weighted by Crippen LogP contribution is 2.27. The fourth-order valence-corrected chi connectivity index (χ4v) is 1.97.